The van der Waals surface area contributed by atoms with Crippen LogP contribution in [0.1, 0.15) is 56.2 Å². The lowest BCUT2D eigenvalue weighted by atomic mass is 9.67. The molecule has 2 aromatic carbocycles. The molecule has 6 heteroatoms. The molecule has 31 heavy (non-hydrogen) atoms. The maximum absolute atomic E-state index is 14.3. The van der Waals surface area contributed by atoms with Crippen molar-refractivity contribution in [1.82, 2.24) is 4.90 Å². The average Bonchev–Trinajstić information content (AvgIpc) is 2.70. The van der Waals surface area contributed by atoms with Crippen molar-refractivity contribution in [3.8, 4) is 0 Å². The zero-order valence-electron chi connectivity index (χ0n) is 17.8. The molecule has 0 radical (unpaired) electrons. The number of aliphatic hydroxyl groups is 1. The Labute approximate surface area is 193 Å². The smallest absolute Gasteiger partial charge is 0.229 e. The minimum atomic E-state index is -0.697. The summed E-state index contributed by atoms with van der Waals surface area (Å²) in [7, 11) is 0. The van der Waals surface area contributed by atoms with E-state index in [1.165, 1.54) is 12.1 Å². The van der Waals surface area contributed by atoms with Gasteiger partial charge in [0.1, 0.15) is 5.82 Å². The summed E-state index contributed by atoms with van der Waals surface area (Å²) in [5.74, 6) is -0.597. The molecule has 1 N–H and O–H groups in total. The Morgan fingerprint density at radius 2 is 1.90 bits per heavy atom. The molecule has 0 saturated carbocycles. The van der Waals surface area contributed by atoms with Gasteiger partial charge in [0.05, 0.1) is 11.5 Å². The fourth-order valence-corrected chi connectivity index (χ4v) is 5.10. The fraction of sp³-hybridized carbons (Fsp3) is 0.400. The van der Waals surface area contributed by atoms with E-state index < -0.39 is 11.2 Å². The summed E-state index contributed by atoms with van der Waals surface area (Å²) < 4.78 is 14.3. The van der Waals surface area contributed by atoms with Gasteiger partial charge >= 0.3 is 0 Å². The summed E-state index contributed by atoms with van der Waals surface area (Å²) in [5, 5.41) is 10.5. The van der Waals surface area contributed by atoms with Gasteiger partial charge in [0.2, 0.25) is 5.91 Å². The van der Waals surface area contributed by atoms with E-state index in [-0.39, 0.29) is 30.5 Å². The summed E-state index contributed by atoms with van der Waals surface area (Å²) in [5.41, 5.74) is 0.959. The van der Waals surface area contributed by atoms with Gasteiger partial charge in [-0.2, -0.15) is 0 Å². The second kappa shape index (κ2) is 9.72. The molecule has 1 heterocycles. The van der Waals surface area contributed by atoms with Crippen LogP contribution in [-0.4, -0.2) is 28.6 Å². The predicted octanol–water partition coefficient (Wildman–Crippen LogP) is 6.54. The summed E-state index contributed by atoms with van der Waals surface area (Å²) in [6.07, 6.45) is 3.22. The highest BCUT2D eigenvalue weighted by atomic mass is 35.5. The van der Waals surface area contributed by atoms with Crippen LogP contribution in [0.25, 0.3) is 0 Å². The van der Waals surface area contributed by atoms with Crippen LogP contribution in [0, 0.1) is 11.2 Å². The van der Waals surface area contributed by atoms with Crippen molar-refractivity contribution >= 4 is 29.1 Å². The molecule has 0 aliphatic carbocycles. The number of piperidine rings is 1. The molecule has 166 valence electrons. The van der Waals surface area contributed by atoms with Crippen LogP contribution in [-0.2, 0) is 4.79 Å². The normalized spacial score (nSPS) is 24.8. The first kappa shape index (κ1) is 23.8. The van der Waals surface area contributed by atoms with Crippen LogP contribution in [0.2, 0.25) is 10.0 Å². The van der Waals surface area contributed by atoms with Gasteiger partial charge in [-0.15, -0.1) is 6.58 Å². The van der Waals surface area contributed by atoms with Crippen molar-refractivity contribution in [3.05, 3.63) is 82.1 Å². The SMILES string of the molecule is C=CC[C@@]1(C)C[C@H](c2cc(F)cc(Cl)c2)[C@@H](c2ccc(Cl)cc2)N([C@@H](C)CCO)C1=O. The summed E-state index contributed by atoms with van der Waals surface area (Å²) in [4.78, 5) is 15.6. The van der Waals surface area contributed by atoms with Crippen LogP contribution >= 0.6 is 23.2 Å². The van der Waals surface area contributed by atoms with Crippen molar-refractivity contribution in [1.29, 1.82) is 0 Å². The molecule has 1 saturated heterocycles. The molecule has 0 spiro atoms. The first-order chi connectivity index (χ1) is 14.7. The van der Waals surface area contributed by atoms with Gasteiger partial charge < -0.3 is 10.0 Å². The fourth-order valence-electron chi connectivity index (χ4n) is 4.75. The van der Waals surface area contributed by atoms with Crippen LogP contribution in [0.5, 0.6) is 0 Å². The molecule has 1 fully saturated rings. The Kier molecular flexibility index (Phi) is 7.46. The third-order valence-electron chi connectivity index (χ3n) is 6.24. The van der Waals surface area contributed by atoms with E-state index in [2.05, 4.69) is 6.58 Å². The number of nitrogens with zero attached hydrogens (tertiary/aromatic N) is 1. The van der Waals surface area contributed by atoms with E-state index in [4.69, 9.17) is 23.2 Å². The van der Waals surface area contributed by atoms with Gasteiger partial charge in [-0.1, -0.05) is 48.3 Å². The van der Waals surface area contributed by atoms with Crippen molar-refractivity contribution in [3.63, 3.8) is 0 Å². The number of halogens is 3. The molecule has 3 rings (SSSR count). The Hall–Kier alpha value is -1.88. The van der Waals surface area contributed by atoms with Crippen LogP contribution in [0.3, 0.4) is 0 Å². The quantitative estimate of drug-likeness (QED) is 0.473. The number of carbonyl (C=O) groups excluding carboxylic acids is 1. The van der Waals surface area contributed by atoms with Gasteiger partial charge in [-0.25, -0.2) is 4.39 Å². The lowest BCUT2D eigenvalue weighted by molar-refractivity contribution is -0.154. The minimum Gasteiger partial charge on any atom is -0.396 e. The molecule has 2 aromatic rings. The molecular formula is C25H28Cl2FNO2. The number of rotatable bonds is 7. The lowest BCUT2D eigenvalue weighted by Crippen LogP contribution is -2.55. The standard InChI is InChI=1S/C25H28Cl2FNO2/c1-4-10-25(3)15-22(18-12-20(27)14-21(28)13-18)23(17-5-7-19(26)8-6-17)29(24(25)31)16(2)9-11-30/h4-8,12-14,16,22-23,30H,1,9-11,15H2,2-3H3/t16-,22+,23+,25-/m0/s1. The maximum atomic E-state index is 14.3. The number of hydrogen-bond donors (Lipinski definition) is 1. The number of amides is 1. The zero-order chi connectivity index (χ0) is 22.8. The number of allylic oxidation sites excluding steroid dienone is 1. The Balaban J connectivity index is 2.22. The van der Waals surface area contributed by atoms with E-state index in [1.807, 2.05) is 30.9 Å². The second-order valence-electron chi connectivity index (χ2n) is 8.64. The Morgan fingerprint density at radius 3 is 2.48 bits per heavy atom. The highest BCUT2D eigenvalue weighted by molar-refractivity contribution is 6.30. The predicted molar refractivity (Wildman–Crippen MR) is 124 cm³/mol. The maximum Gasteiger partial charge on any atom is 0.229 e. The molecule has 4 atom stereocenters. The molecule has 0 unspecified atom stereocenters. The second-order valence-corrected chi connectivity index (χ2v) is 9.51. The Bertz CT molecular complexity index is 929. The minimum absolute atomic E-state index is 0.00653. The zero-order valence-corrected chi connectivity index (χ0v) is 19.3. The van der Waals surface area contributed by atoms with Gasteiger partial charge in [0, 0.05) is 28.6 Å². The van der Waals surface area contributed by atoms with E-state index >= 15 is 0 Å². The number of aliphatic hydroxyl groups excluding tert-OH is 1. The summed E-state index contributed by atoms with van der Waals surface area (Å²) in [6.45, 7) is 7.68. The van der Waals surface area contributed by atoms with Gasteiger partial charge in [0.15, 0.2) is 0 Å². The molecule has 0 aromatic heterocycles. The van der Waals surface area contributed by atoms with Crippen LogP contribution < -0.4 is 0 Å². The topological polar surface area (TPSA) is 40.5 Å². The molecule has 1 amide bonds. The molecule has 1 aliphatic heterocycles. The highest BCUT2D eigenvalue weighted by Gasteiger charge is 2.50. The largest absolute Gasteiger partial charge is 0.396 e. The van der Waals surface area contributed by atoms with E-state index in [0.717, 1.165) is 11.1 Å². The number of likely N-dealkylation sites (tertiary alicyclic amines) is 1. The van der Waals surface area contributed by atoms with Crippen LogP contribution in [0.15, 0.2) is 55.1 Å². The van der Waals surface area contributed by atoms with E-state index in [0.29, 0.717) is 29.3 Å². The molecule has 1 aliphatic rings. The summed E-state index contributed by atoms with van der Waals surface area (Å²) >= 11 is 12.3. The van der Waals surface area contributed by atoms with Gasteiger partial charge in [0.25, 0.3) is 0 Å². The third kappa shape index (κ3) is 4.97. The first-order valence-electron chi connectivity index (χ1n) is 10.5. The molecule has 0 bridgehead atoms. The first-order valence-corrected chi connectivity index (χ1v) is 11.2. The molecular weight excluding hydrogens is 436 g/mol. The van der Waals surface area contributed by atoms with Gasteiger partial charge in [-0.3, -0.25) is 4.79 Å². The third-order valence-corrected chi connectivity index (χ3v) is 6.71. The van der Waals surface area contributed by atoms with Crippen molar-refractivity contribution in [2.24, 2.45) is 5.41 Å². The number of carbonyl (C=O) groups is 1. The monoisotopic (exact) mass is 463 g/mol. The van der Waals surface area contributed by atoms with Crippen molar-refractivity contribution in [2.45, 2.75) is 51.1 Å². The summed E-state index contributed by atoms with van der Waals surface area (Å²) in [6, 6.07) is 11.4. The number of benzene rings is 2. The highest BCUT2D eigenvalue weighted by Crippen LogP contribution is 2.52. The van der Waals surface area contributed by atoms with Crippen molar-refractivity contribution in [2.75, 3.05) is 6.61 Å². The number of hydrogen-bond acceptors (Lipinski definition) is 2. The lowest BCUT2D eigenvalue weighted by Gasteiger charge is -2.51. The average molecular weight is 464 g/mol. The van der Waals surface area contributed by atoms with Crippen LogP contribution in [0.4, 0.5) is 4.39 Å². The molecule has 3 nitrogen and oxygen atoms in total. The van der Waals surface area contributed by atoms with Crippen molar-refractivity contribution < 1.29 is 14.3 Å². The Morgan fingerprint density at radius 1 is 1.23 bits per heavy atom. The van der Waals surface area contributed by atoms with E-state index in [1.54, 1.807) is 24.3 Å². The van der Waals surface area contributed by atoms with Gasteiger partial charge in [-0.05, 0) is 67.6 Å². The van der Waals surface area contributed by atoms with E-state index in [9.17, 15) is 14.3 Å².